The van der Waals surface area contributed by atoms with Crippen molar-refractivity contribution in [2.45, 2.75) is 58.0 Å². The molecule has 1 aromatic rings. The molecule has 1 N–H and O–H groups in total. The predicted octanol–water partition coefficient (Wildman–Crippen LogP) is 2.59. The number of carbonyl (C=O) groups is 3. The number of aromatic nitrogens is 1. The smallest absolute Gasteiger partial charge is 0.331 e. The van der Waals surface area contributed by atoms with Crippen LogP contribution in [0.2, 0.25) is 0 Å². The van der Waals surface area contributed by atoms with Crippen LogP contribution < -0.4 is 0 Å². The highest BCUT2D eigenvalue weighted by molar-refractivity contribution is 7.07. The van der Waals surface area contributed by atoms with E-state index >= 15 is 0 Å². The van der Waals surface area contributed by atoms with E-state index in [1.807, 2.05) is 5.38 Å². The molecule has 0 radical (unpaired) electrons. The van der Waals surface area contributed by atoms with Crippen molar-refractivity contribution in [3.05, 3.63) is 46.5 Å². The first-order chi connectivity index (χ1) is 14.2. The highest BCUT2D eigenvalue weighted by atomic mass is 32.1. The van der Waals surface area contributed by atoms with Crippen LogP contribution in [0.25, 0.3) is 6.08 Å². The second-order valence-electron chi connectivity index (χ2n) is 6.86. The van der Waals surface area contributed by atoms with Crippen molar-refractivity contribution in [2.75, 3.05) is 0 Å². The van der Waals surface area contributed by atoms with Crippen molar-refractivity contribution < 1.29 is 33.7 Å². The van der Waals surface area contributed by atoms with E-state index in [1.165, 1.54) is 36.5 Å². The Morgan fingerprint density at radius 2 is 1.90 bits per heavy atom. The van der Waals surface area contributed by atoms with E-state index in [-0.39, 0.29) is 6.42 Å². The van der Waals surface area contributed by atoms with Crippen LogP contribution >= 0.6 is 11.3 Å². The Hall–Kier alpha value is -2.78. The fourth-order valence-corrected chi connectivity index (χ4v) is 3.06. The summed E-state index contributed by atoms with van der Waals surface area (Å²) in [5, 5.41) is 11.9. The van der Waals surface area contributed by atoms with E-state index in [9.17, 15) is 19.5 Å². The summed E-state index contributed by atoms with van der Waals surface area (Å²) in [4.78, 5) is 40.5. The Labute approximate surface area is 178 Å². The lowest BCUT2D eigenvalue weighted by Crippen LogP contribution is -2.28. The first kappa shape index (κ1) is 23.5. The van der Waals surface area contributed by atoms with Crippen molar-refractivity contribution in [1.29, 1.82) is 0 Å². The fraction of sp³-hybridized carbons (Fsp3) is 0.429. The number of ether oxygens (including phenoxy) is 3. The van der Waals surface area contributed by atoms with Gasteiger partial charge in [0, 0.05) is 24.0 Å². The van der Waals surface area contributed by atoms with Gasteiger partial charge in [0.05, 0.1) is 17.6 Å². The van der Waals surface area contributed by atoms with E-state index < -0.39 is 42.3 Å². The lowest BCUT2D eigenvalue weighted by Gasteiger charge is -2.20. The molecule has 1 aromatic heterocycles. The summed E-state index contributed by atoms with van der Waals surface area (Å²) < 4.78 is 15.8. The lowest BCUT2D eigenvalue weighted by molar-refractivity contribution is -0.153. The van der Waals surface area contributed by atoms with Gasteiger partial charge in [0.2, 0.25) is 0 Å². The zero-order chi connectivity index (χ0) is 22.1. The van der Waals surface area contributed by atoms with E-state index in [1.54, 1.807) is 25.4 Å². The van der Waals surface area contributed by atoms with Crippen molar-refractivity contribution in [3.63, 3.8) is 0 Å². The molecule has 2 rings (SSSR count). The third-order valence-electron chi connectivity index (χ3n) is 4.21. The average Bonchev–Trinajstić information content (AvgIpc) is 3.17. The van der Waals surface area contributed by atoms with E-state index in [0.717, 1.165) is 6.08 Å². The molecule has 4 atom stereocenters. The molecule has 0 aliphatic carbocycles. The standard InChI is InChI=1S/C21H25NO7S/c1-13(9-16-11-30-12-22-16)18-10-21(26)27-14(2)5-4-6-19(24)28-15(3)17(23)7-8-20(25)29-18/h4,6-9,11-12,14-15,17-18,23H,5,10H2,1-3H3/b6-4+,8-7+,13-9+/t14-,15-,17+,18+/m0/s1. The number of cyclic esters (lactones) is 3. The third kappa shape index (κ3) is 7.92. The number of hydrogen-bond acceptors (Lipinski definition) is 9. The molecule has 0 amide bonds. The first-order valence-corrected chi connectivity index (χ1v) is 10.4. The Bertz CT molecular complexity index is 828. The summed E-state index contributed by atoms with van der Waals surface area (Å²) >= 11 is 1.42. The summed E-state index contributed by atoms with van der Waals surface area (Å²) in [6.07, 6.45) is 3.39. The molecule has 1 aliphatic rings. The molecule has 0 unspecified atom stereocenters. The molecule has 162 valence electrons. The van der Waals surface area contributed by atoms with Crippen LogP contribution in [0.1, 0.15) is 39.3 Å². The van der Waals surface area contributed by atoms with Crippen LogP contribution in [0, 0.1) is 0 Å². The SMILES string of the molecule is C/C(=C\c1cscn1)[C@H]1CC(=O)O[C@@H](C)C/C=C/C(=O)O[C@@H](C)[C@H](O)/C=C/C(=O)O1. The van der Waals surface area contributed by atoms with Gasteiger partial charge in [-0.2, -0.15) is 0 Å². The van der Waals surface area contributed by atoms with Crippen molar-refractivity contribution in [1.82, 2.24) is 4.98 Å². The van der Waals surface area contributed by atoms with E-state index in [0.29, 0.717) is 17.7 Å². The molecule has 8 nitrogen and oxygen atoms in total. The highest BCUT2D eigenvalue weighted by Gasteiger charge is 2.23. The number of carbonyl (C=O) groups excluding carboxylic acids is 3. The van der Waals surface area contributed by atoms with Gasteiger partial charge < -0.3 is 19.3 Å². The summed E-state index contributed by atoms with van der Waals surface area (Å²) in [7, 11) is 0. The topological polar surface area (TPSA) is 112 Å². The maximum atomic E-state index is 12.3. The van der Waals surface area contributed by atoms with Crippen molar-refractivity contribution >= 4 is 35.3 Å². The van der Waals surface area contributed by atoms with Crippen molar-refractivity contribution in [3.8, 4) is 0 Å². The normalized spacial score (nSPS) is 29.5. The van der Waals surface area contributed by atoms with Gasteiger partial charge in [-0.1, -0.05) is 6.08 Å². The summed E-state index contributed by atoms with van der Waals surface area (Å²) in [6, 6.07) is 0. The molecule has 0 bridgehead atoms. The van der Waals surface area contributed by atoms with Crippen LogP contribution in [-0.2, 0) is 28.6 Å². The van der Waals surface area contributed by atoms with Gasteiger partial charge in [-0.3, -0.25) is 4.79 Å². The molecular formula is C21H25NO7S. The largest absolute Gasteiger partial charge is 0.462 e. The van der Waals surface area contributed by atoms with Crippen LogP contribution in [-0.4, -0.2) is 52.4 Å². The second kappa shape index (κ2) is 11.4. The van der Waals surface area contributed by atoms with Crippen LogP contribution in [0.3, 0.4) is 0 Å². The van der Waals surface area contributed by atoms with Gasteiger partial charge in [0.1, 0.15) is 24.4 Å². The summed E-state index contributed by atoms with van der Waals surface area (Å²) in [6.45, 7) is 4.92. The molecule has 30 heavy (non-hydrogen) atoms. The van der Waals surface area contributed by atoms with Crippen LogP contribution in [0.4, 0.5) is 0 Å². The number of nitrogens with zero attached hydrogens (tertiary/aromatic N) is 1. The molecule has 0 fully saturated rings. The van der Waals surface area contributed by atoms with Gasteiger partial charge in [-0.15, -0.1) is 11.3 Å². The van der Waals surface area contributed by atoms with Gasteiger partial charge in [0.25, 0.3) is 0 Å². The monoisotopic (exact) mass is 435 g/mol. The fourth-order valence-electron chi connectivity index (χ4n) is 2.55. The lowest BCUT2D eigenvalue weighted by atomic mass is 10.1. The summed E-state index contributed by atoms with van der Waals surface area (Å²) in [5.74, 6) is -1.95. The first-order valence-electron chi connectivity index (χ1n) is 9.44. The zero-order valence-electron chi connectivity index (χ0n) is 17.0. The molecule has 0 aromatic carbocycles. The van der Waals surface area contributed by atoms with E-state index in [4.69, 9.17) is 14.2 Å². The Kier molecular flexibility index (Phi) is 8.94. The summed E-state index contributed by atoms with van der Waals surface area (Å²) in [5.41, 5.74) is 2.98. The second-order valence-corrected chi connectivity index (χ2v) is 7.58. The molecule has 9 heteroatoms. The molecule has 0 saturated heterocycles. The maximum Gasteiger partial charge on any atom is 0.331 e. The van der Waals surface area contributed by atoms with Gasteiger partial charge in [-0.25, -0.2) is 14.6 Å². The molecular weight excluding hydrogens is 410 g/mol. The molecule has 2 heterocycles. The van der Waals surface area contributed by atoms with E-state index in [2.05, 4.69) is 4.98 Å². The molecule has 1 aliphatic heterocycles. The average molecular weight is 435 g/mol. The predicted molar refractivity (Wildman–Crippen MR) is 110 cm³/mol. The molecule has 0 saturated carbocycles. The minimum atomic E-state index is -1.20. The minimum absolute atomic E-state index is 0.179. The highest BCUT2D eigenvalue weighted by Crippen LogP contribution is 2.18. The zero-order valence-corrected chi connectivity index (χ0v) is 17.8. The number of aliphatic hydroxyl groups excluding tert-OH is 1. The Morgan fingerprint density at radius 3 is 2.60 bits per heavy atom. The number of esters is 3. The number of rotatable bonds is 2. The Balaban J connectivity index is 2.23. The quantitative estimate of drug-likeness (QED) is 0.557. The maximum absolute atomic E-state index is 12.3. The van der Waals surface area contributed by atoms with Gasteiger partial charge in [-0.05, 0) is 38.5 Å². The van der Waals surface area contributed by atoms with Crippen LogP contribution in [0.5, 0.6) is 0 Å². The number of aliphatic hydroxyl groups is 1. The van der Waals surface area contributed by atoms with Gasteiger partial charge in [0.15, 0.2) is 0 Å². The third-order valence-corrected chi connectivity index (χ3v) is 4.82. The van der Waals surface area contributed by atoms with Crippen LogP contribution in [0.15, 0.2) is 40.8 Å². The number of hydrogen-bond donors (Lipinski definition) is 1. The minimum Gasteiger partial charge on any atom is -0.462 e. The molecule has 0 spiro atoms. The number of thiazole rings is 1. The van der Waals surface area contributed by atoms with Gasteiger partial charge >= 0.3 is 17.9 Å². The van der Waals surface area contributed by atoms with Crippen molar-refractivity contribution in [2.24, 2.45) is 0 Å². The Morgan fingerprint density at radius 1 is 1.17 bits per heavy atom.